The Balaban J connectivity index is 2.43. The van der Waals surface area contributed by atoms with Gasteiger partial charge in [-0.3, -0.25) is 4.90 Å². The van der Waals surface area contributed by atoms with E-state index in [1.165, 1.54) is 19.5 Å². The third-order valence-electron chi connectivity index (χ3n) is 2.18. The summed E-state index contributed by atoms with van der Waals surface area (Å²) in [5.74, 6) is 0. The average Bonchev–Trinajstić information content (AvgIpc) is 2.10. The van der Waals surface area contributed by atoms with Gasteiger partial charge in [0.1, 0.15) is 0 Å². The third-order valence-corrected chi connectivity index (χ3v) is 3.06. The highest BCUT2D eigenvalue weighted by Crippen LogP contribution is 2.30. The van der Waals surface area contributed by atoms with Crippen molar-refractivity contribution >= 4 is 22.6 Å². The first-order valence-corrected chi connectivity index (χ1v) is 5.02. The predicted molar refractivity (Wildman–Crippen MR) is 53.8 cm³/mol. The predicted octanol–water partition coefficient (Wildman–Crippen LogP) is 2.29. The van der Waals surface area contributed by atoms with Crippen molar-refractivity contribution in [3.63, 3.8) is 0 Å². The van der Waals surface area contributed by atoms with E-state index in [1.54, 1.807) is 0 Å². The van der Waals surface area contributed by atoms with Crippen LogP contribution in [0.3, 0.4) is 0 Å². The Bertz CT molecular complexity index is 120. The maximum absolute atomic E-state index is 2.57. The summed E-state index contributed by atoms with van der Waals surface area (Å²) in [6.45, 7) is 9.45. The Morgan fingerprint density at radius 3 is 2.30 bits per heavy atom. The van der Waals surface area contributed by atoms with E-state index in [9.17, 15) is 0 Å². The van der Waals surface area contributed by atoms with Crippen LogP contribution in [0.1, 0.15) is 27.2 Å². The minimum Gasteiger partial charge on any atom is -0.300 e. The molecule has 0 spiro atoms. The SMILES string of the molecule is CC(C)N1CC[C@@](C)(I)C1. The van der Waals surface area contributed by atoms with E-state index in [0.717, 1.165) is 6.04 Å². The van der Waals surface area contributed by atoms with Crippen LogP contribution >= 0.6 is 22.6 Å². The number of halogens is 1. The van der Waals surface area contributed by atoms with Crippen molar-refractivity contribution in [3.05, 3.63) is 0 Å². The molecule has 0 aromatic carbocycles. The zero-order valence-corrected chi connectivity index (χ0v) is 9.18. The van der Waals surface area contributed by atoms with Crippen LogP contribution in [0.2, 0.25) is 0 Å². The van der Waals surface area contributed by atoms with Gasteiger partial charge in [0.25, 0.3) is 0 Å². The molecule has 0 aliphatic carbocycles. The van der Waals surface area contributed by atoms with E-state index >= 15 is 0 Å². The van der Waals surface area contributed by atoms with Gasteiger partial charge < -0.3 is 0 Å². The lowest BCUT2D eigenvalue weighted by Crippen LogP contribution is -2.30. The Morgan fingerprint density at radius 2 is 2.10 bits per heavy atom. The van der Waals surface area contributed by atoms with Gasteiger partial charge in [0, 0.05) is 16.0 Å². The van der Waals surface area contributed by atoms with Crippen LogP contribution in [0.4, 0.5) is 0 Å². The highest BCUT2D eigenvalue weighted by molar-refractivity contribution is 14.1. The molecule has 10 heavy (non-hydrogen) atoms. The number of rotatable bonds is 1. The van der Waals surface area contributed by atoms with E-state index in [-0.39, 0.29) is 0 Å². The molecule has 1 saturated heterocycles. The van der Waals surface area contributed by atoms with Crippen LogP contribution in [-0.2, 0) is 0 Å². The molecular weight excluding hydrogens is 237 g/mol. The molecule has 0 aromatic rings. The van der Waals surface area contributed by atoms with E-state index in [0.29, 0.717) is 3.42 Å². The zero-order valence-electron chi connectivity index (χ0n) is 7.02. The van der Waals surface area contributed by atoms with E-state index in [4.69, 9.17) is 0 Å². The van der Waals surface area contributed by atoms with Gasteiger partial charge in [-0.05, 0) is 33.7 Å². The molecule has 0 unspecified atom stereocenters. The van der Waals surface area contributed by atoms with Crippen molar-refractivity contribution in [2.24, 2.45) is 0 Å². The van der Waals surface area contributed by atoms with Gasteiger partial charge in [0.2, 0.25) is 0 Å². The molecule has 1 atom stereocenters. The molecule has 1 aliphatic rings. The van der Waals surface area contributed by atoms with Crippen molar-refractivity contribution < 1.29 is 0 Å². The molecule has 0 radical (unpaired) electrons. The number of hydrogen-bond donors (Lipinski definition) is 0. The average molecular weight is 253 g/mol. The summed E-state index contributed by atoms with van der Waals surface area (Å²) in [6.07, 6.45) is 1.35. The molecule has 0 bridgehead atoms. The van der Waals surface area contributed by atoms with Gasteiger partial charge >= 0.3 is 0 Å². The van der Waals surface area contributed by atoms with Crippen molar-refractivity contribution in [2.75, 3.05) is 13.1 Å². The maximum atomic E-state index is 2.57. The van der Waals surface area contributed by atoms with Crippen molar-refractivity contribution in [1.29, 1.82) is 0 Å². The molecular formula is C8H16IN. The summed E-state index contributed by atoms with van der Waals surface area (Å²) in [5.41, 5.74) is 0. The first kappa shape index (κ1) is 8.78. The van der Waals surface area contributed by atoms with E-state index < -0.39 is 0 Å². The molecule has 60 valence electrons. The minimum atomic E-state index is 0.544. The lowest BCUT2D eigenvalue weighted by molar-refractivity contribution is 0.272. The van der Waals surface area contributed by atoms with Crippen LogP contribution in [0.25, 0.3) is 0 Å². The first-order valence-electron chi connectivity index (χ1n) is 3.94. The summed E-state index contributed by atoms with van der Waals surface area (Å²) in [5, 5.41) is 0. The number of hydrogen-bond acceptors (Lipinski definition) is 1. The molecule has 0 saturated carbocycles. The van der Waals surface area contributed by atoms with Crippen LogP contribution in [0.15, 0.2) is 0 Å². The molecule has 1 rings (SSSR count). The molecule has 0 amide bonds. The second kappa shape index (κ2) is 2.97. The summed E-state index contributed by atoms with van der Waals surface area (Å²) >= 11 is 2.57. The molecule has 0 N–H and O–H groups in total. The fourth-order valence-electron chi connectivity index (χ4n) is 1.40. The highest BCUT2D eigenvalue weighted by Gasteiger charge is 2.31. The Morgan fingerprint density at radius 1 is 1.50 bits per heavy atom. The van der Waals surface area contributed by atoms with Crippen molar-refractivity contribution in [2.45, 2.75) is 36.7 Å². The Labute approximate surface area is 77.3 Å². The molecule has 1 nitrogen and oxygen atoms in total. The number of likely N-dealkylation sites (tertiary alicyclic amines) is 1. The van der Waals surface area contributed by atoms with Gasteiger partial charge in [0.15, 0.2) is 0 Å². The molecule has 2 heteroatoms. The standard InChI is InChI=1S/C8H16IN/c1-7(2)10-5-4-8(3,9)6-10/h7H,4-6H2,1-3H3/t8-/m1/s1. The molecule has 0 aromatic heterocycles. The topological polar surface area (TPSA) is 3.24 Å². The lowest BCUT2D eigenvalue weighted by Gasteiger charge is -2.21. The van der Waals surface area contributed by atoms with E-state index in [1.807, 2.05) is 0 Å². The Hall–Kier alpha value is 0.690. The van der Waals surface area contributed by atoms with Crippen LogP contribution in [0.5, 0.6) is 0 Å². The highest BCUT2D eigenvalue weighted by atomic mass is 127. The van der Waals surface area contributed by atoms with Crippen molar-refractivity contribution in [3.8, 4) is 0 Å². The zero-order chi connectivity index (χ0) is 7.78. The van der Waals surface area contributed by atoms with Gasteiger partial charge in [-0.15, -0.1) is 0 Å². The smallest absolute Gasteiger partial charge is 0.0333 e. The van der Waals surface area contributed by atoms with Crippen molar-refractivity contribution in [1.82, 2.24) is 4.90 Å². The number of nitrogens with zero attached hydrogens (tertiary/aromatic N) is 1. The summed E-state index contributed by atoms with van der Waals surface area (Å²) < 4.78 is 0.544. The summed E-state index contributed by atoms with van der Waals surface area (Å²) in [6, 6.07) is 0.733. The largest absolute Gasteiger partial charge is 0.300 e. The monoisotopic (exact) mass is 253 g/mol. The first-order chi connectivity index (χ1) is 4.51. The normalized spacial score (nSPS) is 35.7. The maximum Gasteiger partial charge on any atom is 0.0333 e. The quantitative estimate of drug-likeness (QED) is 0.512. The number of alkyl halides is 1. The fraction of sp³-hybridized carbons (Fsp3) is 1.00. The second-order valence-electron chi connectivity index (χ2n) is 3.73. The van der Waals surface area contributed by atoms with Gasteiger partial charge in [-0.2, -0.15) is 0 Å². The van der Waals surface area contributed by atoms with Crippen LogP contribution < -0.4 is 0 Å². The lowest BCUT2D eigenvalue weighted by atomic mass is 10.2. The minimum absolute atomic E-state index is 0.544. The second-order valence-corrected chi connectivity index (χ2v) is 6.33. The fourth-order valence-corrected chi connectivity index (χ4v) is 2.08. The molecule has 1 heterocycles. The van der Waals surface area contributed by atoms with Gasteiger partial charge in [-0.1, -0.05) is 22.6 Å². The summed E-state index contributed by atoms with van der Waals surface area (Å²) in [7, 11) is 0. The van der Waals surface area contributed by atoms with E-state index in [2.05, 4.69) is 48.3 Å². The molecule has 1 aliphatic heterocycles. The summed E-state index contributed by atoms with van der Waals surface area (Å²) in [4.78, 5) is 2.55. The van der Waals surface area contributed by atoms with Gasteiger partial charge in [0.05, 0.1) is 0 Å². The molecule has 1 fully saturated rings. The Kier molecular flexibility index (Phi) is 2.61. The third kappa shape index (κ3) is 2.09. The van der Waals surface area contributed by atoms with Crippen LogP contribution in [0, 0.1) is 0 Å². The van der Waals surface area contributed by atoms with Crippen LogP contribution in [-0.4, -0.2) is 27.5 Å². The van der Waals surface area contributed by atoms with Gasteiger partial charge in [-0.25, -0.2) is 0 Å².